The Balaban J connectivity index is 1.90. The van der Waals surface area contributed by atoms with Gasteiger partial charge in [-0.15, -0.1) is 0 Å². The van der Waals surface area contributed by atoms with E-state index in [1.165, 1.54) is 0 Å². The van der Waals surface area contributed by atoms with Crippen molar-refractivity contribution in [3.05, 3.63) is 35.9 Å². The lowest BCUT2D eigenvalue weighted by atomic mass is 9.88. The van der Waals surface area contributed by atoms with Crippen molar-refractivity contribution in [1.29, 1.82) is 5.26 Å². The standard InChI is InChI=1S/C16H20N4O2/c17-11-19-7-6-13(10-19)14-15(12-4-2-1-3-5-12)22-9-8-20(14)16(18)21/h1-5,13-15H,6-10H2,(H2,18,21)/t13-,14?,15?/m1/s1. The summed E-state index contributed by atoms with van der Waals surface area (Å²) in [5, 5.41) is 9.08. The van der Waals surface area contributed by atoms with Crippen molar-refractivity contribution in [1.82, 2.24) is 9.80 Å². The van der Waals surface area contributed by atoms with Crippen LogP contribution in [0.2, 0.25) is 0 Å². The lowest BCUT2D eigenvalue weighted by Gasteiger charge is -2.43. The van der Waals surface area contributed by atoms with E-state index in [2.05, 4.69) is 6.19 Å². The number of morpholine rings is 1. The summed E-state index contributed by atoms with van der Waals surface area (Å²) in [4.78, 5) is 15.3. The highest BCUT2D eigenvalue weighted by molar-refractivity contribution is 5.72. The third-order valence-corrected chi connectivity index (χ3v) is 4.56. The Kier molecular flexibility index (Phi) is 4.16. The zero-order chi connectivity index (χ0) is 15.5. The van der Waals surface area contributed by atoms with Gasteiger partial charge in [0, 0.05) is 25.6 Å². The Morgan fingerprint density at radius 1 is 1.32 bits per heavy atom. The van der Waals surface area contributed by atoms with Gasteiger partial charge in [0.1, 0.15) is 6.10 Å². The Labute approximate surface area is 130 Å². The zero-order valence-corrected chi connectivity index (χ0v) is 12.4. The number of urea groups is 1. The van der Waals surface area contributed by atoms with Crippen molar-refractivity contribution < 1.29 is 9.53 Å². The van der Waals surface area contributed by atoms with Gasteiger partial charge in [0.2, 0.25) is 0 Å². The second-order valence-electron chi connectivity index (χ2n) is 5.82. The van der Waals surface area contributed by atoms with Gasteiger partial charge in [0.15, 0.2) is 6.19 Å². The molecule has 0 spiro atoms. The lowest BCUT2D eigenvalue weighted by Crippen LogP contribution is -2.55. The summed E-state index contributed by atoms with van der Waals surface area (Å²) >= 11 is 0. The number of carbonyl (C=O) groups is 1. The van der Waals surface area contributed by atoms with Crippen LogP contribution in [0, 0.1) is 17.4 Å². The van der Waals surface area contributed by atoms with Gasteiger partial charge in [-0.3, -0.25) is 0 Å². The Morgan fingerprint density at radius 2 is 2.09 bits per heavy atom. The summed E-state index contributed by atoms with van der Waals surface area (Å²) in [6.07, 6.45) is 2.87. The molecule has 1 aromatic rings. The minimum atomic E-state index is -0.412. The Bertz CT molecular complexity index is 571. The van der Waals surface area contributed by atoms with Gasteiger partial charge in [0.05, 0.1) is 12.6 Å². The van der Waals surface area contributed by atoms with E-state index < -0.39 is 6.03 Å². The fourth-order valence-corrected chi connectivity index (χ4v) is 3.54. The first-order valence-corrected chi connectivity index (χ1v) is 7.58. The van der Waals surface area contributed by atoms with Crippen LogP contribution in [0.15, 0.2) is 30.3 Å². The number of rotatable bonds is 2. The SMILES string of the molecule is N#CN1CC[C@@H](C2C(c3ccccc3)OCCN2C(N)=O)C1. The van der Waals surface area contributed by atoms with Crippen molar-refractivity contribution in [2.45, 2.75) is 18.6 Å². The molecule has 2 aliphatic heterocycles. The highest BCUT2D eigenvalue weighted by Gasteiger charge is 2.42. The molecule has 0 aromatic heterocycles. The third-order valence-electron chi connectivity index (χ3n) is 4.56. The van der Waals surface area contributed by atoms with Crippen LogP contribution < -0.4 is 5.73 Å². The van der Waals surface area contributed by atoms with Crippen LogP contribution in [-0.4, -0.2) is 48.1 Å². The van der Waals surface area contributed by atoms with E-state index >= 15 is 0 Å². The minimum Gasteiger partial charge on any atom is -0.370 e. The van der Waals surface area contributed by atoms with E-state index in [1.54, 1.807) is 9.80 Å². The van der Waals surface area contributed by atoms with Crippen LogP contribution in [0.5, 0.6) is 0 Å². The maximum Gasteiger partial charge on any atom is 0.315 e. The molecular weight excluding hydrogens is 280 g/mol. The number of hydrogen-bond donors (Lipinski definition) is 1. The number of hydrogen-bond acceptors (Lipinski definition) is 4. The van der Waals surface area contributed by atoms with Crippen LogP contribution in [0.1, 0.15) is 18.1 Å². The number of amides is 2. The van der Waals surface area contributed by atoms with E-state index in [4.69, 9.17) is 15.7 Å². The molecule has 2 fully saturated rings. The molecule has 0 radical (unpaired) electrons. The number of ether oxygens (including phenoxy) is 1. The van der Waals surface area contributed by atoms with Crippen molar-refractivity contribution in [2.24, 2.45) is 11.7 Å². The van der Waals surface area contributed by atoms with Crippen LogP contribution >= 0.6 is 0 Å². The normalized spacial score (nSPS) is 28.4. The third kappa shape index (κ3) is 2.72. The predicted molar refractivity (Wildman–Crippen MR) is 80.5 cm³/mol. The van der Waals surface area contributed by atoms with E-state index in [9.17, 15) is 4.79 Å². The van der Waals surface area contributed by atoms with Crippen LogP contribution in [-0.2, 0) is 4.74 Å². The second kappa shape index (κ2) is 6.24. The van der Waals surface area contributed by atoms with Crippen LogP contribution in [0.3, 0.4) is 0 Å². The fourth-order valence-electron chi connectivity index (χ4n) is 3.54. The molecular formula is C16H20N4O2. The van der Waals surface area contributed by atoms with Crippen molar-refractivity contribution in [2.75, 3.05) is 26.2 Å². The summed E-state index contributed by atoms with van der Waals surface area (Å²) in [7, 11) is 0. The van der Waals surface area contributed by atoms with Gasteiger partial charge in [-0.1, -0.05) is 30.3 Å². The van der Waals surface area contributed by atoms with E-state index in [-0.39, 0.29) is 18.1 Å². The Hall–Kier alpha value is -2.26. The average Bonchev–Trinajstić information content (AvgIpc) is 3.03. The summed E-state index contributed by atoms with van der Waals surface area (Å²) in [6, 6.07) is 9.39. The quantitative estimate of drug-likeness (QED) is 0.835. The number of nitrogens with two attached hydrogens (primary N) is 1. The first kappa shape index (κ1) is 14.7. The van der Waals surface area contributed by atoms with E-state index in [0.29, 0.717) is 19.7 Å². The molecule has 0 saturated carbocycles. The fraction of sp³-hybridized carbons (Fsp3) is 0.500. The number of carbonyl (C=O) groups excluding carboxylic acids is 1. The molecule has 2 aliphatic rings. The van der Waals surface area contributed by atoms with Gasteiger partial charge >= 0.3 is 6.03 Å². The highest BCUT2D eigenvalue weighted by atomic mass is 16.5. The van der Waals surface area contributed by atoms with Crippen molar-refractivity contribution in [3.8, 4) is 6.19 Å². The lowest BCUT2D eigenvalue weighted by molar-refractivity contribution is -0.0717. The largest absolute Gasteiger partial charge is 0.370 e. The summed E-state index contributed by atoms with van der Waals surface area (Å²) in [5.74, 6) is 0.192. The molecule has 0 bridgehead atoms. The maximum atomic E-state index is 11.9. The monoisotopic (exact) mass is 300 g/mol. The molecule has 6 heteroatoms. The van der Waals surface area contributed by atoms with Crippen LogP contribution in [0.25, 0.3) is 0 Å². The predicted octanol–water partition coefficient (Wildman–Crippen LogP) is 1.31. The first-order valence-electron chi connectivity index (χ1n) is 7.58. The summed E-state index contributed by atoms with van der Waals surface area (Å²) < 4.78 is 5.99. The number of primary amides is 1. The minimum absolute atomic E-state index is 0.119. The molecule has 2 heterocycles. The second-order valence-corrected chi connectivity index (χ2v) is 5.82. The van der Waals surface area contributed by atoms with Gasteiger partial charge in [0.25, 0.3) is 0 Å². The van der Waals surface area contributed by atoms with Crippen LogP contribution in [0.4, 0.5) is 4.79 Å². The molecule has 2 unspecified atom stereocenters. The van der Waals surface area contributed by atoms with E-state index in [1.807, 2.05) is 30.3 Å². The number of nitriles is 1. The molecule has 6 nitrogen and oxygen atoms in total. The average molecular weight is 300 g/mol. The number of benzene rings is 1. The van der Waals surface area contributed by atoms with Gasteiger partial charge in [-0.25, -0.2) is 4.79 Å². The molecule has 1 aromatic carbocycles. The maximum absolute atomic E-state index is 11.9. The van der Waals surface area contributed by atoms with Crippen molar-refractivity contribution in [3.63, 3.8) is 0 Å². The molecule has 3 atom stereocenters. The molecule has 22 heavy (non-hydrogen) atoms. The number of nitrogens with zero attached hydrogens (tertiary/aromatic N) is 3. The Morgan fingerprint density at radius 3 is 2.73 bits per heavy atom. The molecule has 3 rings (SSSR count). The first-order chi connectivity index (χ1) is 10.7. The molecule has 116 valence electrons. The molecule has 2 N–H and O–H groups in total. The molecule has 2 saturated heterocycles. The highest BCUT2D eigenvalue weighted by Crippen LogP contribution is 2.36. The van der Waals surface area contributed by atoms with Gasteiger partial charge in [-0.2, -0.15) is 5.26 Å². The number of likely N-dealkylation sites (tertiary alicyclic amines) is 1. The molecule has 2 amide bonds. The summed E-state index contributed by atoms with van der Waals surface area (Å²) in [5.41, 5.74) is 6.64. The topological polar surface area (TPSA) is 82.6 Å². The smallest absolute Gasteiger partial charge is 0.315 e. The van der Waals surface area contributed by atoms with Gasteiger partial charge < -0.3 is 20.3 Å². The summed E-state index contributed by atoms with van der Waals surface area (Å²) in [6.45, 7) is 2.36. The zero-order valence-electron chi connectivity index (χ0n) is 12.4. The molecule has 0 aliphatic carbocycles. The van der Waals surface area contributed by atoms with Gasteiger partial charge in [-0.05, 0) is 12.0 Å². The van der Waals surface area contributed by atoms with E-state index in [0.717, 1.165) is 18.5 Å². The van der Waals surface area contributed by atoms with Crippen molar-refractivity contribution >= 4 is 6.03 Å².